The second kappa shape index (κ2) is 20.4. The van der Waals surface area contributed by atoms with Gasteiger partial charge in [-0.15, -0.1) is 0 Å². The predicted molar refractivity (Wildman–Crippen MR) is 227 cm³/mol. The van der Waals surface area contributed by atoms with E-state index in [-0.39, 0.29) is 30.0 Å². The fraction of sp³-hybridized carbons (Fsp3) is 0.458. The summed E-state index contributed by atoms with van der Waals surface area (Å²) in [5, 5.41) is 5.32. The highest BCUT2D eigenvalue weighted by Gasteiger charge is 2.39. The van der Waals surface area contributed by atoms with Gasteiger partial charge in [-0.25, -0.2) is 0 Å². The SMILES string of the molecule is O=C(/C=C/c1cccnc1)NCCCCC1CCN(C(=O)c2ccc(C3CCN(CCCCC#Cc4cccc5c4CN(C4CCC(=O)NC4=O)C5=O)CC3)cc2)CC1. The van der Waals surface area contributed by atoms with Crippen molar-refractivity contribution >= 4 is 35.6 Å². The van der Waals surface area contributed by atoms with E-state index in [1.165, 1.54) is 5.56 Å². The van der Waals surface area contributed by atoms with Crippen molar-refractivity contribution in [1.29, 1.82) is 0 Å². The number of unbranched alkanes of at least 4 members (excludes halogenated alkanes) is 3. The number of piperidine rings is 3. The van der Waals surface area contributed by atoms with Crippen LogP contribution in [0.5, 0.6) is 0 Å². The number of benzene rings is 2. The molecule has 5 heterocycles. The zero-order valence-electron chi connectivity index (χ0n) is 34.0. The minimum atomic E-state index is -0.626. The monoisotopic (exact) mass is 796 g/mol. The topological polar surface area (TPSA) is 132 Å². The maximum absolute atomic E-state index is 13.4. The van der Waals surface area contributed by atoms with Gasteiger partial charge < -0.3 is 20.0 Å². The van der Waals surface area contributed by atoms with Gasteiger partial charge in [0.2, 0.25) is 17.7 Å². The molecule has 3 aromatic rings. The first-order valence-electron chi connectivity index (χ1n) is 21.6. The number of rotatable bonds is 14. The van der Waals surface area contributed by atoms with Crippen LogP contribution in [0.15, 0.2) is 73.1 Å². The first-order chi connectivity index (χ1) is 28.8. The van der Waals surface area contributed by atoms with E-state index in [0.717, 1.165) is 119 Å². The molecule has 0 saturated carbocycles. The quantitative estimate of drug-likeness (QED) is 0.0874. The molecule has 308 valence electrons. The van der Waals surface area contributed by atoms with Crippen molar-refractivity contribution in [2.75, 3.05) is 39.3 Å². The molecule has 3 fully saturated rings. The number of carbonyl (C=O) groups is 5. The molecular formula is C48H56N6O5. The average molecular weight is 797 g/mol. The second-order valence-corrected chi connectivity index (χ2v) is 16.4. The largest absolute Gasteiger partial charge is 0.353 e. The van der Waals surface area contributed by atoms with Crippen LogP contribution >= 0.6 is 0 Å². The Morgan fingerprint density at radius 3 is 2.46 bits per heavy atom. The Morgan fingerprint density at radius 2 is 1.69 bits per heavy atom. The maximum Gasteiger partial charge on any atom is 0.255 e. The van der Waals surface area contributed by atoms with Crippen LogP contribution in [0.4, 0.5) is 0 Å². The smallest absolute Gasteiger partial charge is 0.255 e. The standard InChI is InChI=1S/C48H56N6O5/c55-44(20-14-36-10-8-26-49-33-36)50-27-5-4-9-35-22-31-53(32-23-35)47(58)40-17-15-37(16-18-40)38-24-29-52(30-25-38)28-6-2-1-3-11-39-12-7-13-41-42(39)34-54(48(41)59)43-19-21-45(56)51-46(43)57/h7-8,10,12-18,20,26,33,35,38,43H,1-2,4-6,9,19,21-25,27-32,34H2,(H,50,55)(H,51,56,57)/b20-14+. The molecule has 3 saturated heterocycles. The highest BCUT2D eigenvalue weighted by Crippen LogP contribution is 2.31. The van der Waals surface area contributed by atoms with E-state index >= 15 is 0 Å². The van der Waals surface area contributed by atoms with Crippen LogP contribution in [0.3, 0.4) is 0 Å². The first-order valence-corrected chi connectivity index (χ1v) is 21.6. The van der Waals surface area contributed by atoms with Gasteiger partial charge in [-0.3, -0.25) is 34.3 Å². The fourth-order valence-corrected chi connectivity index (χ4v) is 8.88. The molecule has 0 aliphatic carbocycles. The van der Waals surface area contributed by atoms with Crippen molar-refractivity contribution in [2.24, 2.45) is 5.92 Å². The summed E-state index contributed by atoms with van der Waals surface area (Å²) in [6.07, 6.45) is 17.7. The van der Waals surface area contributed by atoms with Crippen LogP contribution in [0.1, 0.15) is 126 Å². The summed E-state index contributed by atoms with van der Waals surface area (Å²) in [4.78, 5) is 72.7. The van der Waals surface area contributed by atoms with Crippen LogP contribution in [0.2, 0.25) is 0 Å². The summed E-state index contributed by atoms with van der Waals surface area (Å²) in [6, 6.07) is 17.1. The lowest BCUT2D eigenvalue weighted by molar-refractivity contribution is -0.137. The number of hydrogen-bond acceptors (Lipinski definition) is 7. The minimum Gasteiger partial charge on any atom is -0.353 e. The van der Waals surface area contributed by atoms with Crippen molar-refractivity contribution in [3.8, 4) is 11.8 Å². The molecule has 11 nitrogen and oxygen atoms in total. The summed E-state index contributed by atoms with van der Waals surface area (Å²) in [5.74, 6) is 6.93. The van der Waals surface area contributed by atoms with E-state index in [9.17, 15) is 24.0 Å². The third kappa shape index (κ3) is 11.1. The summed E-state index contributed by atoms with van der Waals surface area (Å²) < 4.78 is 0. The van der Waals surface area contributed by atoms with E-state index < -0.39 is 11.9 Å². The van der Waals surface area contributed by atoms with Gasteiger partial charge in [-0.1, -0.05) is 48.9 Å². The van der Waals surface area contributed by atoms with Gasteiger partial charge in [0.1, 0.15) is 6.04 Å². The van der Waals surface area contributed by atoms with E-state index in [1.54, 1.807) is 35.5 Å². The second-order valence-electron chi connectivity index (χ2n) is 16.4. The molecule has 4 aliphatic heterocycles. The molecule has 2 aromatic carbocycles. The molecular weight excluding hydrogens is 741 g/mol. The molecule has 1 atom stereocenters. The molecule has 1 aromatic heterocycles. The fourth-order valence-electron chi connectivity index (χ4n) is 8.88. The predicted octanol–water partition coefficient (Wildman–Crippen LogP) is 6.10. The van der Waals surface area contributed by atoms with Crippen molar-refractivity contribution in [2.45, 2.75) is 95.6 Å². The van der Waals surface area contributed by atoms with Crippen LogP contribution in [-0.4, -0.2) is 94.5 Å². The summed E-state index contributed by atoms with van der Waals surface area (Å²) in [6.45, 7) is 5.80. The van der Waals surface area contributed by atoms with Crippen LogP contribution in [-0.2, 0) is 20.9 Å². The minimum absolute atomic E-state index is 0.0826. The first kappa shape index (κ1) is 41.6. The van der Waals surface area contributed by atoms with Crippen LogP contribution in [0.25, 0.3) is 6.08 Å². The third-order valence-electron chi connectivity index (χ3n) is 12.4. The number of likely N-dealkylation sites (tertiary alicyclic amines) is 2. The van der Waals surface area contributed by atoms with Gasteiger partial charge in [0.15, 0.2) is 0 Å². The Labute approximate surface area is 348 Å². The lowest BCUT2D eigenvalue weighted by Crippen LogP contribution is -2.52. The number of nitrogens with zero attached hydrogens (tertiary/aromatic N) is 4. The Balaban J connectivity index is 0.753. The van der Waals surface area contributed by atoms with E-state index in [2.05, 4.69) is 44.5 Å². The number of carbonyl (C=O) groups excluding carboxylic acids is 5. The average Bonchev–Trinajstić information content (AvgIpc) is 3.60. The van der Waals surface area contributed by atoms with Gasteiger partial charge in [0.25, 0.3) is 11.8 Å². The number of amides is 5. The van der Waals surface area contributed by atoms with Crippen molar-refractivity contribution < 1.29 is 24.0 Å². The van der Waals surface area contributed by atoms with Gasteiger partial charge >= 0.3 is 0 Å². The zero-order chi connectivity index (χ0) is 41.0. The molecule has 11 heteroatoms. The van der Waals surface area contributed by atoms with Gasteiger partial charge in [-0.2, -0.15) is 0 Å². The highest BCUT2D eigenvalue weighted by molar-refractivity contribution is 6.05. The molecule has 0 spiro atoms. The number of aromatic nitrogens is 1. The van der Waals surface area contributed by atoms with Gasteiger partial charge in [0, 0.05) is 74.2 Å². The van der Waals surface area contributed by atoms with Crippen LogP contribution < -0.4 is 10.6 Å². The Morgan fingerprint density at radius 1 is 0.881 bits per heavy atom. The van der Waals surface area contributed by atoms with Crippen molar-refractivity contribution in [3.05, 3.63) is 106 Å². The lowest BCUT2D eigenvalue weighted by Gasteiger charge is -2.33. The van der Waals surface area contributed by atoms with Gasteiger partial charge in [-0.05, 0) is 136 Å². The van der Waals surface area contributed by atoms with Crippen LogP contribution in [0, 0.1) is 17.8 Å². The number of pyridine rings is 1. The van der Waals surface area contributed by atoms with Gasteiger partial charge in [0.05, 0.1) is 0 Å². The molecule has 1 unspecified atom stereocenters. The molecule has 7 rings (SSSR count). The molecule has 59 heavy (non-hydrogen) atoms. The number of fused-ring (bicyclic) bond motifs is 1. The third-order valence-corrected chi connectivity index (χ3v) is 12.4. The summed E-state index contributed by atoms with van der Waals surface area (Å²) in [7, 11) is 0. The Hall–Kier alpha value is -5.60. The number of nitrogens with one attached hydrogen (secondary N) is 2. The maximum atomic E-state index is 13.4. The summed E-state index contributed by atoms with van der Waals surface area (Å²) in [5.41, 5.74) is 5.30. The summed E-state index contributed by atoms with van der Waals surface area (Å²) >= 11 is 0. The van der Waals surface area contributed by atoms with Crippen molar-refractivity contribution in [3.63, 3.8) is 0 Å². The lowest BCUT2D eigenvalue weighted by atomic mass is 9.88. The molecule has 0 bridgehead atoms. The molecule has 5 amide bonds. The zero-order valence-corrected chi connectivity index (χ0v) is 34.0. The van der Waals surface area contributed by atoms with Crippen molar-refractivity contribution in [1.82, 2.24) is 30.3 Å². The molecule has 2 N–H and O–H groups in total. The number of imide groups is 1. The van der Waals surface area contributed by atoms with E-state index in [0.29, 0.717) is 36.9 Å². The molecule has 0 radical (unpaired) electrons. The molecule has 4 aliphatic rings. The number of hydrogen-bond donors (Lipinski definition) is 2. The van der Waals surface area contributed by atoms with E-state index in [4.69, 9.17) is 0 Å². The Bertz CT molecular complexity index is 2060. The Kier molecular flexibility index (Phi) is 14.4. The normalized spacial score (nSPS) is 19.1. The van der Waals surface area contributed by atoms with E-state index in [1.807, 2.05) is 41.3 Å². The highest BCUT2D eigenvalue weighted by atomic mass is 16.2.